The van der Waals surface area contributed by atoms with Crippen LogP contribution in [0.1, 0.15) is 78.6 Å². The van der Waals surface area contributed by atoms with Crippen molar-refractivity contribution in [2.45, 2.75) is 232 Å². The Bertz CT molecular complexity index is 2000. The highest BCUT2D eigenvalue weighted by Crippen LogP contribution is 2.74. The van der Waals surface area contributed by atoms with Crippen LogP contribution in [0.3, 0.4) is 0 Å². The lowest BCUT2D eigenvalue weighted by molar-refractivity contribution is -0.389. The number of ether oxygens (including phenoxy) is 10. The van der Waals surface area contributed by atoms with Crippen LogP contribution in [0.25, 0.3) is 0 Å². The summed E-state index contributed by atoms with van der Waals surface area (Å²) in [5, 5.41) is 160. The molecule has 0 amide bonds. The maximum absolute atomic E-state index is 15.2. The second kappa shape index (κ2) is 22.0. The zero-order valence-corrected chi connectivity index (χ0v) is 42.1. The highest BCUT2D eigenvalue weighted by Gasteiger charge is 2.70. The molecule has 2 bridgehead atoms. The van der Waals surface area contributed by atoms with Crippen molar-refractivity contribution in [2.75, 3.05) is 26.4 Å². The van der Waals surface area contributed by atoms with Gasteiger partial charge in [-0.05, 0) is 93.5 Å². The molecule has 0 aromatic carbocycles. The maximum atomic E-state index is 15.2. The van der Waals surface area contributed by atoms with Gasteiger partial charge < -0.3 is 124 Å². The van der Waals surface area contributed by atoms with Crippen LogP contribution in [0.2, 0.25) is 0 Å². The van der Waals surface area contributed by atoms with Gasteiger partial charge >= 0.3 is 5.97 Å². The van der Waals surface area contributed by atoms with E-state index in [9.17, 15) is 76.6 Å². The Hall–Kier alpha value is -1.75. The SMILES string of the molecule is C=C1C[C@@]23CC[C@H]4[C@@](C)(CCC[C@@]4(C)C(=O)OC4O[C@H](CO)[C@@H](O)[C@H](O[C@@H]5O[C@H](CO)[C@@H](O)[C@H](O)[C@H]5O)[C@H]4O[C@@H]4O[C@H](CO)[C@@H](O)[C@H](O)[C@H]4O)[C@@H]2CC[C@]1(O[C@@H]1O[C@H](C)[C@@H](O)[C@H](O)[C@H]1O[C@@H]1OC[C@@H](O)[C@H](O)[C@H]1O)C3. The molecule has 430 valence electrons. The molecule has 0 aromatic heterocycles. The molecule has 5 saturated heterocycles. The van der Waals surface area contributed by atoms with Crippen molar-refractivity contribution < 1.29 is 129 Å². The fourth-order valence-electron chi connectivity index (χ4n) is 14.6. The minimum atomic E-state index is -2.03. The maximum Gasteiger partial charge on any atom is 0.314 e. The molecule has 0 aromatic rings. The van der Waals surface area contributed by atoms with Gasteiger partial charge in [0.2, 0.25) is 6.29 Å². The quantitative estimate of drug-likeness (QED) is 0.0464. The molecule has 1 unspecified atom stereocenters. The predicted octanol–water partition coefficient (Wildman–Crippen LogP) is -5.62. The lowest BCUT2D eigenvalue weighted by Gasteiger charge is -2.64. The highest BCUT2D eigenvalue weighted by molar-refractivity contribution is 5.77. The van der Waals surface area contributed by atoms with Gasteiger partial charge in [0.25, 0.3) is 0 Å². The van der Waals surface area contributed by atoms with Crippen molar-refractivity contribution >= 4 is 5.97 Å². The Morgan fingerprint density at radius 2 is 1.12 bits per heavy atom. The first-order valence-electron chi connectivity index (χ1n) is 26.2. The highest BCUT2D eigenvalue weighted by atomic mass is 16.8. The molecule has 4 aliphatic carbocycles. The number of fused-ring (bicyclic) bond motifs is 3. The summed E-state index contributed by atoms with van der Waals surface area (Å²) in [5.41, 5.74) is -2.30. The van der Waals surface area contributed by atoms with Crippen LogP contribution in [0, 0.1) is 28.1 Å². The summed E-state index contributed by atoms with van der Waals surface area (Å²) >= 11 is 0. The van der Waals surface area contributed by atoms with E-state index in [2.05, 4.69) is 13.5 Å². The van der Waals surface area contributed by atoms with Crippen LogP contribution in [0.15, 0.2) is 12.2 Å². The fourth-order valence-corrected chi connectivity index (χ4v) is 14.6. The second-order valence-corrected chi connectivity index (χ2v) is 23.2. The molecule has 0 radical (unpaired) electrons. The van der Waals surface area contributed by atoms with Gasteiger partial charge in [-0.15, -0.1) is 0 Å². The van der Waals surface area contributed by atoms with E-state index in [4.69, 9.17) is 47.4 Å². The van der Waals surface area contributed by atoms with E-state index in [0.717, 1.165) is 12.0 Å². The summed E-state index contributed by atoms with van der Waals surface area (Å²) in [7, 11) is 0. The van der Waals surface area contributed by atoms with Gasteiger partial charge in [0.15, 0.2) is 31.3 Å². The molecule has 26 heteroatoms. The first kappa shape index (κ1) is 57.9. The third-order valence-corrected chi connectivity index (χ3v) is 18.8. The van der Waals surface area contributed by atoms with Gasteiger partial charge in [0, 0.05) is 0 Å². The third kappa shape index (κ3) is 9.96. The molecule has 26 nitrogen and oxygen atoms in total. The number of rotatable bonds is 13. The molecule has 75 heavy (non-hydrogen) atoms. The van der Waals surface area contributed by atoms with Crippen LogP contribution in [-0.4, -0.2) is 262 Å². The van der Waals surface area contributed by atoms with Gasteiger partial charge in [0.1, 0.15) is 104 Å². The van der Waals surface area contributed by atoms with E-state index in [1.165, 1.54) is 0 Å². The van der Waals surface area contributed by atoms with Crippen molar-refractivity contribution in [2.24, 2.45) is 28.1 Å². The lowest BCUT2D eigenvalue weighted by Crippen LogP contribution is -2.67. The summed E-state index contributed by atoms with van der Waals surface area (Å²) in [6.07, 6.45) is -35.4. The van der Waals surface area contributed by atoms with E-state index >= 15 is 4.79 Å². The normalized spacial score (nSPS) is 55.2. The number of hydrogen-bond acceptors (Lipinski definition) is 26. The van der Waals surface area contributed by atoms with Gasteiger partial charge in [-0.3, -0.25) is 4.79 Å². The van der Waals surface area contributed by atoms with Crippen molar-refractivity contribution in [3.63, 3.8) is 0 Å². The lowest BCUT2D eigenvalue weighted by atomic mass is 9.41. The Morgan fingerprint density at radius 1 is 0.573 bits per heavy atom. The van der Waals surface area contributed by atoms with Crippen molar-refractivity contribution in [1.29, 1.82) is 0 Å². The summed E-state index contributed by atoms with van der Waals surface area (Å²) < 4.78 is 60.2. The van der Waals surface area contributed by atoms with Gasteiger partial charge in [-0.2, -0.15) is 0 Å². The molecule has 5 aliphatic heterocycles. The summed E-state index contributed by atoms with van der Waals surface area (Å²) in [5.74, 6) is -1.07. The largest absolute Gasteiger partial charge is 0.432 e. The molecule has 9 rings (SSSR count). The zero-order chi connectivity index (χ0) is 54.4. The van der Waals surface area contributed by atoms with Crippen LogP contribution in [-0.2, 0) is 52.2 Å². The van der Waals surface area contributed by atoms with E-state index in [1.54, 1.807) is 13.8 Å². The van der Waals surface area contributed by atoms with E-state index in [-0.39, 0.29) is 23.9 Å². The number of carbonyl (C=O) groups excluding carboxylic acids is 1. The number of aliphatic hydroxyl groups is 15. The molecular weight excluding hydrogens is 1000 g/mol. The molecule has 1 spiro atoms. The average Bonchev–Trinajstić information content (AvgIpc) is 3.66. The van der Waals surface area contributed by atoms with Crippen LogP contribution < -0.4 is 0 Å². The van der Waals surface area contributed by atoms with Crippen molar-refractivity contribution in [1.82, 2.24) is 0 Å². The number of esters is 1. The monoisotopic (exact) mass is 1080 g/mol. The molecule has 30 atom stereocenters. The minimum absolute atomic E-state index is 0.00920. The fraction of sp³-hybridized carbons (Fsp3) is 0.939. The van der Waals surface area contributed by atoms with Crippen LogP contribution >= 0.6 is 0 Å². The topological polar surface area (TPSA) is 413 Å². The first-order valence-corrected chi connectivity index (χ1v) is 26.2. The molecule has 4 saturated carbocycles. The van der Waals surface area contributed by atoms with Crippen molar-refractivity contribution in [3.05, 3.63) is 12.2 Å². The van der Waals surface area contributed by atoms with Gasteiger partial charge in [-0.25, -0.2) is 0 Å². The Balaban J connectivity index is 0.962. The predicted molar refractivity (Wildman–Crippen MR) is 244 cm³/mol. The molecule has 15 N–H and O–H groups in total. The number of carbonyl (C=O) groups is 1. The third-order valence-electron chi connectivity index (χ3n) is 18.8. The smallest absolute Gasteiger partial charge is 0.314 e. The minimum Gasteiger partial charge on any atom is -0.432 e. The van der Waals surface area contributed by atoms with Gasteiger partial charge in [0.05, 0.1) is 43.5 Å². The van der Waals surface area contributed by atoms with E-state index in [1.807, 2.05) is 0 Å². The Kier molecular flexibility index (Phi) is 17.0. The van der Waals surface area contributed by atoms with Crippen LogP contribution in [0.5, 0.6) is 0 Å². The van der Waals surface area contributed by atoms with Crippen LogP contribution in [0.4, 0.5) is 0 Å². The van der Waals surface area contributed by atoms with Crippen molar-refractivity contribution in [3.8, 4) is 0 Å². The molecule has 9 fully saturated rings. The van der Waals surface area contributed by atoms with E-state index < -0.39 is 190 Å². The second-order valence-electron chi connectivity index (χ2n) is 23.2. The molecular formula is C49H78O26. The number of hydrogen-bond donors (Lipinski definition) is 15. The molecule has 9 aliphatic rings. The summed E-state index contributed by atoms with van der Waals surface area (Å²) in [6, 6.07) is 0. The zero-order valence-electron chi connectivity index (χ0n) is 42.1. The standard InChI is InChI=1S/C49H78O26/c1-18-12-48-10-6-24-46(3,25(48)7-11-49(18,17-48)75-44-38(33(61)26(54)19(2)67-44)72-40-34(62)27(55)20(53)16-66-40)8-5-9-47(24,4)45(65)74-43-39(73-42-36(64)32(60)29(57)22(14-51)69-42)37(30(58)23(15-52)70-43)71-41-35(63)31(59)28(56)21(13-50)68-41/h19-44,50-64H,1,5-17H2,2-4H3/t19-,20-,21-,22-,23-,24+,25+,26-,27+,28-,29-,30-,31+,32+,33+,34-,35-,36-,37+,38-,39-,40+,41+,42+,43?,44+,46-,47-,48-,49+/m1/s1. The molecule has 5 heterocycles. The first-order chi connectivity index (χ1) is 35.4. The average molecular weight is 1080 g/mol. The summed E-state index contributed by atoms with van der Waals surface area (Å²) in [4.78, 5) is 15.2. The number of aliphatic hydroxyl groups excluding tert-OH is 15. The van der Waals surface area contributed by atoms with E-state index in [0.29, 0.717) is 51.4 Å². The Labute approximate surface area is 432 Å². The Morgan fingerprint density at radius 3 is 1.73 bits per heavy atom. The summed E-state index contributed by atoms with van der Waals surface area (Å²) in [6.45, 7) is 7.08. The van der Waals surface area contributed by atoms with Gasteiger partial charge in [-0.1, -0.05) is 19.9 Å².